The van der Waals surface area contributed by atoms with E-state index in [9.17, 15) is 4.79 Å². The second-order valence-corrected chi connectivity index (χ2v) is 6.65. The van der Waals surface area contributed by atoms with E-state index in [1.165, 1.54) is 4.90 Å². The molecule has 0 aliphatic carbocycles. The van der Waals surface area contributed by atoms with Crippen LogP contribution in [0.1, 0.15) is 36.4 Å². The van der Waals surface area contributed by atoms with Gasteiger partial charge in [-0.25, -0.2) is 4.79 Å². The lowest BCUT2D eigenvalue weighted by atomic mass is 9.98. The standard InChI is InChI=1S/C17H22N4OS/c1-12-14(6-5-8-16(12)23-2)20-17(22)21-9-4-3-7-15(21)13-10-18-19-11-13/h5-6,8,10-11,15H,3-4,7,9H2,1-2H3,(H,18,19)(H,20,22)/t15-/m0/s1. The minimum atomic E-state index is -0.0303. The van der Waals surface area contributed by atoms with Gasteiger partial charge in [-0.1, -0.05) is 6.07 Å². The van der Waals surface area contributed by atoms with Gasteiger partial charge in [-0.05, 0) is 50.1 Å². The first kappa shape index (κ1) is 15.9. The van der Waals surface area contributed by atoms with Crippen LogP contribution in [0.5, 0.6) is 0 Å². The van der Waals surface area contributed by atoms with Gasteiger partial charge in [-0.15, -0.1) is 11.8 Å². The van der Waals surface area contributed by atoms with Crippen molar-refractivity contribution in [1.29, 1.82) is 0 Å². The first-order valence-electron chi connectivity index (χ1n) is 7.90. The van der Waals surface area contributed by atoms with Crippen molar-refractivity contribution in [2.45, 2.75) is 37.1 Å². The smallest absolute Gasteiger partial charge is 0.317 e. The number of H-pyrrole nitrogens is 1. The van der Waals surface area contributed by atoms with Crippen LogP contribution in [0.25, 0.3) is 0 Å². The van der Waals surface area contributed by atoms with E-state index in [1.54, 1.807) is 11.8 Å². The summed E-state index contributed by atoms with van der Waals surface area (Å²) in [6, 6.07) is 6.09. The summed E-state index contributed by atoms with van der Waals surface area (Å²) in [6.07, 6.45) is 8.92. The monoisotopic (exact) mass is 330 g/mol. The summed E-state index contributed by atoms with van der Waals surface area (Å²) in [7, 11) is 0. The van der Waals surface area contributed by atoms with Crippen molar-refractivity contribution < 1.29 is 4.79 Å². The number of anilines is 1. The molecule has 0 spiro atoms. The molecule has 122 valence electrons. The van der Waals surface area contributed by atoms with E-state index in [0.29, 0.717) is 0 Å². The molecule has 2 amide bonds. The Bertz CT molecular complexity index is 671. The van der Waals surface area contributed by atoms with Crippen LogP contribution in [-0.2, 0) is 0 Å². The molecule has 0 bridgehead atoms. The number of carbonyl (C=O) groups excluding carboxylic acids is 1. The first-order valence-corrected chi connectivity index (χ1v) is 9.13. The lowest BCUT2D eigenvalue weighted by molar-refractivity contribution is 0.163. The molecule has 6 heteroatoms. The molecule has 1 atom stereocenters. The lowest BCUT2D eigenvalue weighted by Crippen LogP contribution is -2.41. The summed E-state index contributed by atoms with van der Waals surface area (Å²) in [5.41, 5.74) is 3.08. The first-order chi connectivity index (χ1) is 11.2. The van der Waals surface area contributed by atoms with E-state index in [-0.39, 0.29) is 12.1 Å². The molecule has 0 saturated carbocycles. The molecule has 2 heterocycles. The second kappa shape index (κ2) is 7.08. The number of hydrogen-bond acceptors (Lipinski definition) is 3. The third kappa shape index (κ3) is 3.37. The van der Waals surface area contributed by atoms with E-state index >= 15 is 0 Å². The Hall–Kier alpha value is -1.95. The van der Waals surface area contributed by atoms with Gasteiger partial charge < -0.3 is 10.2 Å². The maximum atomic E-state index is 12.8. The van der Waals surface area contributed by atoms with Gasteiger partial charge in [0.05, 0.1) is 12.2 Å². The zero-order chi connectivity index (χ0) is 16.2. The zero-order valence-electron chi connectivity index (χ0n) is 13.5. The number of aromatic amines is 1. The Morgan fingerprint density at radius 2 is 2.30 bits per heavy atom. The van der Waals surface area contributed by atoms with Crippen LogP contribution >= 0.6 is 11.8 Å². The van der Waals surface area contributed by atoms with Gasteiger partial charge in [-0.3, -0.25) is 5.10 Å². The Labute approximate surface area is 140 Å². The number of likely N-dealkylation sites (tertiary alicyclic amines) is 1. The Balaban J connectivity index is 1.79. The molecule has 2 aromatic rings. The number of urea groups is 1. The van der Waals surface area contributed by atoms with E-state index in [4.69, 9.17) is 0 Å². The molecule has 1 aromatic carbocycles. The Kier molecular flexibility index (Phi) is 4.91. The number of benzene rings is 1. The highest BCUT2D eigenvalue weighted by Gasteiger charge is 2.28. The number of aromatic nitrogens is 2. The molecular formula is C17H22N4OS. The normalized spacial score (nSPS) is 18.0. The molecule has 1 aliphatic heterocycles. The van der Waals surface area contributed by atoms with Crippen LogP contribution in [0, 0.1) is 6.92 Å². The van der Waals surface area contributed by atoms with Crippen LogP contribution in [0.4, 0.5) is 10.5 Å². The Morgan fingerprint density at radius 1 is 1.43 bits per heavy atom. The molecule has 0 unspecified atom stereocenters. The van der Waals surface area contributed by atoms with Gasteiger partial charge in [0, 0.05) is 28.9 Å². The molecule has 23 heavy (non-hydrogen) atoms. The predicted molar refractivity (Wildman–Crippen MR) is 93.9 cm³/mol. The van der Waals surface area contributed by atoms with Gasteiger partial charge in [-0.2, -0.15) is 5.10 Å². The second-order valence-electron chi connectivity index (χ2n) is 5.80. The minimum Gasteiger partial charge on any atom is -0.317 e. The van der Waals surface area contributed by atoms with Crippen LogP contribution in [0.15, 0.2) is 35.5 Å². The number of amides is 2. The highest BCUT2D eigenvalue weighted by Crippen LogP contribution is 2.32. The van der Waals surface area contributed by atoms with Crippen molar-refractivity contribution >= 4 is 23.5 Å². The van der Waals surface area contributed by atoms with E-state index in [0.717, 1.165) is 42.6 Å². The van der Waals surface area contributed by atoms with Crippen LogP contribution in [0.3, 0.4) is 0 Å². The van der Waals surface area contributed by atoms with Crippen molar-refractivity contribution in [3.05, 3.63) is 41.7 Å². The molecular weight excluding hydrogens is 308 g/mol. The molecule has 3 rings (SSSR count). The van der Waals surface area contributed by atoms with Gasteiger partial charge in [0.15, 0.2) is 0 Å². The fourth-order valence-corrected chi connectivity index (χ4v) is 3.75. The SMILES string of the molecule is CSc1cccc(NC(=O)N2CCCC[C@H]2c2cn[nH]c2)c1C. The van der Waals surface area contributed by atoms with Gasteiger partial charge in [0.1, 0.15) is 0 Å². The van der Waals surface area contributed by atoms with Gasteiger partial charge in [0.25, 0.3) is 0 Å². The lowest BCUT2D eigenvalue weighted by Gasteiger charge is -2.35. The van der Waals surface area contributed by atoms with E-state index < -0.39 is 0 Å². The summed E-state index contributed by atoms with van der Waals surface area (Å²) in [5, 5.41) is 9.96. The topological polar surface area (TPSA) is 61.0 Å². The van der Waals surface area contributed by atoms with Crippen LogP contribution in [0.2, 0.25) is 0 Å². The largest absolute Gasteiger partial charge is 0.322 e. The fourth-order valence-electron chi connectivity index (χ4n) is 3.12. The number of thioether (sulfide) groups is 1. The highest BCUT2D eigenvalue weighted by atomic mass is 32.2. The number of nitrogens with one attached hydrogen (secondary N) is 2. The summed E-state index contributed by atoms with van der Waals surface area (Å²) in [4.78, 5) is 15.9. The van der Waals surface area contributed by atoms with Crippen molar-refractivity contribution in [1.82, 2.24) is 15.1 Å². The zero-order valence-corrected chi connectivity index (χ0v) is 14.3. The number of hydrogen-bond donors (Lipinski definition) is 2. The molecule has 2 N–H and O–H groups in total. The third-order valence-corrected chi connectivity index (χ3v) is 5.30. The van der Waals surface area contributed by atoms with Crippen LogP contribution < -0.4 is 5.32 Å². The quantitative estimate of drug-likeness (QED) is 0.829. The molecule has 1 aliphatic rings. The summed E-state index contributed by atoms with van der Waals surface area (Å²) in [6.45, 7) is 2.83. The number of carbonyl (C=O) groups is 1. The predicted octanol–water partition coefficient (Wildman–Crippen LogP) is 4.20. The van der Waals surface area contributed by atoms with Crippen molar-refractivity contribution in [2.75, 3.05) is 18.1 Å². The number of piperidine rings is 1. The Morgan fingerprint density at radius 3 is 3.04 bits per heavy atom. The molecule has 1 saturated heterocycles. The molecule has 5 nitrogen and oxygen atoms in total. The third-order valence-electron chi connectivity index (χ3n) is 4.41. The van der Waals surface area contributed by atoms with Crippen molar-refractivity contribution in [3.8, 4) is 0 Å². The van der Waals surface area contributed by atoms with E-state index in [2.05, 4.69) is 21.6 Å². The molecule has 1 fully saturated rings. The van der Waals surface area contributed by atoms with Crippen LogP contribution in [-0.4, -0.2) is 33.9 Å². The van der Waals surface area contributed by atoms with Crippen molar-refractivity contribution in [2.24, 2.45) is 0 Å². The van der Waals surface area contributed by atoms with Gasteiger partial charge >= 0.3 is 6.03 Å². The summed E-state index contributed by atoms with van der Waals surface area (Å²) >= 11 is 1.69. The number of rotatable bonds is 3. The average Bonchev–Trinajstić information content (AvgIpc) is 3.11. The highest BCUT2D eigenvalue weighted by molar-refractivity contribution is 7.98. The maximum absolute atomic E-state index is 12.8. The fraction of sp³-hybridized carbons (Fsp3) is 0.412. The minimum absolute atomic E-state index is 0.0303. The average molecular weight is 330 g/mol. The summed E-state index contributed by atoms with van der Waals surface area (Å²) < 4.78 is 0. The molecule has 0 radical (unpaired) electrons. The van der Waals surface area contributed by atoms with E-state index in [1.807, 2.05) is 42.6 Å². The van der Waals surface area contributed by atoms with Gasteiger partial charge in [0.2, 0.25) is 0 Å². The maximum Gasteiger partial charge on any atom is 0.322 e. The van der Waals surface area contributed by atoms with Crippen molar-refractivity contribution in [3.63, 3.8) is 0 Å². The molecule has 1 aromatic heterocycles. The summed E-state index contributed by atoms with van der Waals surface area (Å²) in [5.74, 6) is 0. The number of nitrogens with zero attached hydrogens (tertiary/aromatic N) is 2.